The van der Waals surface area contributed by atoms with Crippen molar-refractivity contribution >= 4 is 21.8 Å². The summed E-state index contributed by atoms with van der Waals surface area (Å²) >= 11 is 3.19. The number of halogens is 4. The molecule has 0 atom stereocenters. The molecule has 0 spiro atoms. The van der Waals surface area contributed by atoms with E-state index in [-0.39, 0.29) is 11.3 Å². The fraction of sp³-hybridized carbons (Fsp3) is 0.462. The van der Waals surface area contributed by atoms with Crippen molar-refractivity contribution in [2.24, 2.45) is 19.8 Å². The third-order valence-electron chi connectivity index (χ3n) is 3.66. The van der Waals surface area contributed by atoms with Crippen molar-refractivity contribution in [3.8, 4) is 0 Å². The van der Waals surface area contributed by atoms with Crippen molar-refractivity contribution in [2.75, 3.05) is 0 Å². The van der Waals surface area contributed by atoms with E-state index in [0.717, 1.165) is 4.68 Å². The van der Waals surface area contributed by atoms with Crippen LogP contribution in [0.5, 0.6) is 0 Å². The van der Waals surface area contributed by atoms with Crippen molar-refractivity contribution in [1.29, 1.82) is 0 Å². The molecular weight excluding hydrogens is 379 g/mol. The second kappa shape index (κ2) is 5.36. The Morgan fingerprint density at radius 2 is 1.78 bits per heavy atom. The van der Waals surface area contributed by atoms with Gasteiger partial charge >= 0.3 is 6.18 Å². The number of aromatic nitrogens is 4. The normalized spacial score (nSPS) is 12.7. The van der Waals surface area contributed by atoms with Crippen LogP contribution in [0, 0.1) is 0 Å². The molecule has 0 aliphatic rings. The van der Waals surface area contributed by atoms with Crippen LogP contribution in [-0.2, 0) is 25.7 Å². The fourth-order valence-electron chi connectivity index (χ4n) is 2.74. The molecule has 2 aromatic rings. The molecule has 0 fully saturated rings. The maximum atomic E-state index is 13.4. The molecule has 0 saturated carbocycles. The second-order valence-electron chi connectivity index (χ2n) is 5.66. The minimum atomic E-state index is -4.71. The zero-order valence-electron chi connectivity index (χ0n) is 12.9. The third kappa shape index (κ3) is 2.87. The lowest BCUT2D eigenvalue weighted by atomic mass is 9.79. The number of alkyl halides is 3. The molecule has 0 radical (unpaired) electrons. The van der Waals surface area contributed by atoms with E-state index in [1.54, 1.807) is 27.0 Å². The Morgan fingerprint density at radius 3 is 2.17 bits per heavy atom. The predicted octanol–water partition coefficient (Wildman–Crippen LogP) is 2.36. The molecule has 0 aliphatic heterocycles. The average Bonchev–Trinajstić information content (AvgIpc) is 2.89. The van der Waals surface area contributed by atoms with Gasteiger partial charge in [0.05, 0.1) is 0 Å². The fourth-order valence-corrected chi connectivity index (χ4v) is 3.20. The summed E-state index contributed by atoms with van der Waals surface area (Å²) in [6, 6.07) is 1.60. The number of primary amides is 1. The number of nitrogens with two attached hydrogens (primary N) is 1. The Balaban J connectivity index is 2.84. The lowest BCUT2D eigenvalue weighted by Gasteiger charge is -2.26. The van der Waals surface area contributed by atoms with E-state index in [0.29, 0.717) is 10.3 Å². The first kappa shape index (κ1) is 17.5. The summed E-state index contributed by atoms with van der Waals surface area (Å²) in [5, 5.41) is 7.57. The highest BCUT2D eigenvalue weighted by Gasteiger charge is 2.46. The van der Waals surface area contributed by atoms with Crippen LogP contribution in [0.2, 0.25) is 0 Å². The van der Waals surface area contributed by atoms with Gasteiger partial charge in [0.15, 0.2) is 5.69 Å². The average molecular weight is 394 g/mol. The zero-order valence-corrected chi connectivity index (χ0v) is 14.4. The molecule has 0 aromatic carbocycles. The quantitative estimate of drug-likeness (QED) is 0.868. The number of hydrogen-bond donors (Lipinski definition) is 1. The number of carbonyl (C=O) groups is 1. The predicted molar refractivity (Wildman–Crippen MR) is 79.8 cm³/mol. The smallest absolute Gasteiger partial charge is 0.364 e. The molecule has 2 N–H and O–H groups in total. The first-order chi connectivity index (χ1) is 10.4. The Hall–Kier alpha value is -1.84. The summed E-state index contributed by atoms with van der Waals surface area (Å²) in [4.78, 5) is 11.7. The molecule has 0 bridgehead atoms. The molecule has 1 amide bonds. The van der Waals surface area contributed by atoms with Crippen LogP contribution in [0.4, 0.5) is 13.2 Å². The van der Waals surface area contributed by atoms with Crippen LogP contribution in [0.25, 0.3) is 0 Å². The zero-order chi connectivity index (χ0) is 17.7. The van der Waals surface area contributed by atoms with Crippen molar-refractivity contribution < 1.29 is 18.0 Å². The minimum Gasteiger partial charge on any atom is -0.364 e. The van der Waals surface area contributed by atoms with Gasteiger partial charge in [-0.2, -0.15) is 23.4 Å². The van der Waals surface area contributed by atoms with E-state index < -0.39 is 23.2 Å². The summed E-state index contributed by atoms with van der Waals surface area (Å²) in [6.07, 6.45) is -4.71. The van der Waals surface area contributed by atoms with Crippen LogP contribution >= 0.6 is 15.9 Å². The Morgan fingerprint density at radius 1 is 1.22 bits per heavy atom. The molecule has 2 aromatic heterocycles. The highest BCUT2D eigenvalue weighted by Crippen LogP contribution is 2.42. The van der Waals surface area contributed by atoms with Crippen LogP contribution in [0.1, 0.15) is 41.3 Å². The summed E-state index contributed by atoms with van der Waals surface area (Å²) < 4.78 is 43.0. The van der Waals surface area contributed by atoms with Gasteiger partial charge in [0.25, 0.3) is 5.91 Å². The number of rotatable bonds is 3. The molecule has 10 heteroatoms. The monoisotopic (exact) mass is 393 g/mol. The Labute approximate surface area is 138 Å². The highest BCUT2D eigenvalue weighted by molar-refractivity contribution is 9.10. The van der Waals surface area contributed by atoms with E-state index >= 15 is 0 Å². The van der Waals surface area contributed by atoms with Gasteiger partial charge in [-0.15, -0.1) is 0 Å². The van der Waals surface area contributed by atoms with Gasteiger partial charge in [0.2, 0.25) is 0 Å². The molecule has 0 saturated heterocycles. The van der Waals surface area contributed by atoms with Gasteiger partial charge in [-0.05, 0) is 22.0 Å². The van der Waals surface area contributed by atoms with E-state index in [4.69, 9.17) is 5.73 Å². The molecule has 23 heavy (non-hydrogen) atoms. The first-order valence-corrected chi connectivity index (χ1v) is 7.31. The van der Waals surface area contributed by atoms with Gasteiger partial charge in [-0.3, -0.25) is 14.2 Å². The second-order valence-corrected chi connectivity index (χ2v) is 6.47. The molecule has 0 unspecified atom stereocenters. The highest BCUT2D eigenvalue weighted by atomic mass is 79.9. The van der Waals surface area contributed by atoms with E-state index in [9.17, 15) is 18.0 Å². The molecular formula is C13H15BrF3N5O. The van der Waals surface area contributed by atoms with Gasteiger partial charge < -0.3 is 5.73 Å². The van der Waals surface area contributed by atoms with E-state index in [2.05, 4.69) is 26.1 Å². The summed E-state index contributed by atoms with van der Waals surface area (Å²) in [5.74, 6) is -0.972. The van der Waals surface area contributed by atoms with Crippen LogP contribution in [0.15, 0.2) is 10.7 Å². The van der Waals surface area contributed by atoms with E-state index in [1.165, 1.54) is 11.7 Å². The Kier molecular flexibility index (Phi) is 4.08. The maximum Gasteiger partial charge on any atom is 0.435 e. The van der Waals surface area contributed by atoms with Gasteiger partial charge in [-0.25, -0.2) is 0 Å². The van der Waals surface area contributed by atoms with Gasteiger partial charge in [0, 0.05) is 30.8 Å². The van der Waals surface area contributed by atoms with Crippen molar-refractivity contribution in [1.82, 2.24) is 19.6 Å². The summed E-state index contributed by atoms with van der Waals surface area (Å²) in [5.41, 5.74) is 2.90. The topological polar surface area (TPSA) is 78.7 Å². The Bertz CT molecular complexity index is 775. The summed E-state index contributed by atoms with van der Waals surface area (Å²) in [6.45, 7) is 3.13. The first-order valence-electron chi connectivity index (χ1n) is 6.51. The van der Waals surface area contributed by atoms with Crippen molar-refractivity contribution in [3.05, 3.63) is 33.3 Å². The van der Waals surface area contributed by atoms with Crippen LogP contribution in [-0.4, -0.2) is 25.5 Å². The standard InChI is InChI=1S/C13H15BrF3N5O/c1-12(2,6-5-7(14)19-21(6)3)8-9(11(18)23)22(4)20-10(8)13(15,16)17/h5H,1-4H3,(H2,18,23). The molecule has 6 nitrogen and oxygen atoms in total. The van der Waals surface area contributed by atoms with Crippen LogP contribution < -0.4 is 5.73 Å². The molecule has 0 aliphatic carbocycles. The largest absolute Gasteiger partial charge is 0.435 e. The van der Waals surface area contributed by atoms with Crippen LogP contribution in [0.3, 0.4) is 0 Å². The van der Waals surface area contributed by atoms with Crippen molar-refractivity contribution in [3.63, 3.8) is 0 Å². The SMILES string of the molecule is Cn1nc(Br)cc1C(C)(C)c1c(C(F)(F)F)nn(C)c1C(N)=O. The maximum absolute atomic E-state index is 13.4. The number of nitrogens with zero attached hydrogens (tertiary/aromatic N) is 4. The van der Waals surface area contributed by atoms with Gasteiger partial charge in [-0.1, -0.05) is 13.8 Å². The molecule has 2 heterocycles. The lowest BCUT2D eigenvalue weighted by molar-refractivity contribution is -0.142. The number of aryl methyl sites for hydroxylation is 2. The minimum absolute atomic E-state index is 0.268. The third-order valence-corrected chi connectivity index (χ3v) is 4.05. The lowest BCUT2D eigenvalue weighted by Crippen LogP contribution is -2.30. The number of carbonyl (C=O) groups excluding carboxylic acids is 1. The number of amides is 1. The number of hydrogen-bond acceptors (Lipinski definition) is 3. The van der Waals surface area contributed by atoms with Crippen molar-refractivity contribution in [2.45, 2.75) is 25.4 Å². The molecule has 126 valence electrons. The van der Waals surface area contributed by atoms with Gasteiger partial charge in [0.1, 0.15) is 10.3 Å². The van der Waals surface area contributed by atoms with E-state index in [1.807, 2.05) is 0 Å². The molecule has 2 rings (SSSR count). The summed E-state index contributed by atoms with van der Waals surface area (Å²) in [7, 11) is 2.86.